The molecule has 1 atom stereocenters. The lowest BCUT2D eigenvalue weighted by atomic mass is 9.85. The van der Waals surface area contributed by atoms with Crippen LogP contribution in [0.4, 0.5) is 0 Å². The lowest BCUT2D eigenvalue weighted by Crippen LogP contribution is -2.47. The Balaban J connectivity index is 2.67. The smallest absolute Gasteiger partial charge is 0.234 e. The molecule has 7 nitrogen and oxygen atoms in total. The molecule has 1 heterocycles. The molecule has 7 heteroatoms. The van der Waals surface area contributed by atoms with E-state index in [2.05, 4.69) is 15.6 Å². The molecule has 1 aromatic heterocycles. The van der Waals surface area contributed by atoms with Crippen LogP contribution in [0.1, 0.15) is 26.0 Å². The van der Waals surface area contributed by atoms with Crippen molar-refractivity contribution in [1.29, 1.82) is 0 Å². The molecule has 0 saturated heterocycles. The summed E-state index contributed by atoms with van der Waals surface area (Å²) in [6.45, 7) is 3.61. The second-order valence-corrected chi connectivity index (χ2v) is 3.83. The molecule has 1 aromatic rings. The molecule has 1 amide bonds. The zero-order valence-corrected chi connectivity index (χ0v) is 9.80. The van der Waals surface area contributed by atoms with Gasteiger partial charge < -0.3 is 20.8 Å². The number of carbonyl (C=O) groups is 1. The molecule has 0 spiro atoms. The lowest BCUT2D eigenvalue weighted by molar-refractivity contribution is -0.127. The van der Waals surface area contributed by atoms with Gasteiger partial charge in [-0.15, -0.1) is 0 Å². The quantitative estimate of drug-likeness (QED) is 0.299. The Hall–Kier alpha value is -2.05. The first-order chi connectivity index (χ1) is 8.04. The zero-order chi connectivity index (χ0) is 12.9. The summed E-state index contributed by atoms with van der Waals surface area (Å²) in [7, 11) is 0. The first-order valence-corrected chi connectivity index (χ1v) is 5.20. The first kappa shape index (κ1) is 13.0. The maximum absolute atomic E-state index is 11.9. The summed E-state index contributed by atoms with van der Waals surface area (Å²) < 4.78 is 4.84. The Morgan fingerprint density at radius 1 is 1.76 bits per heavy atom. The van der Waals surface area contributed by atoms with Crippen molar-refractivity contribution >= 4 is 11.7 Å². The van der Waals surface area contributed by atoms with Gasteiger partial charge in [0.1, 0.15) is 5.41 Å². The van der Waals surface area contributed by atoms with Gasteiger partial charge in [0.2, 0.25) is 5.91 Å². The van der Waals surface area contributed by atoms with Gasteiger partial charge in [0.05, 0.1) is 12.7 Å². The summed E-state index contributed by atoms with van der Waals surface area (Å²) in [4.78, 5) is 11.9. The van der Waals surface area contributed by atoms with Crippen LogP contribution in [0.5, 0.6) is 0 Å². The third-order valence-electron chi connectivity index (χ3n) is 2.80. The van der Waals surface area contributed by atoms with Crippen LogP contribution >= 0.6 is 0 Å². The summed E-state index contributed by atoms with van der Waals surface area (Å²) in [5.41, 5.74) is 4.48. The zero-order valence-electron chi connectivity index (χ0n) is 9.80. The van der Waals surface area contributed by atoms with E-state index in [0.29, 0.717) is 12.2 Å². The van der Waals surface area contributed by atoms with E-state index in [1.54, 1.807) is 19.9 Å². The average Bonchev–Trinajstić information content (AvgIpc) is 2.86. The van der Waals surface area contributed by atoms with Gasteiger partial charge in [-0.1, -0.05) is 17.2 Å². The van der Waals surface area contributed by atoms with Gasteiger partial charge in [-0.2, -0.15) is 0 Å². The van der Waals surface area contributed by atoms with Crippen LogP contribution in [0.2, 0.25) is 0 Å². The highest BCUT2D eigenvalue weighted by Gasteiger charge is 2.36. The van der Waals surface area contributed by atoms with E-state index in [-0.39, 0.29) is 18.3 Å². The number of hydrogen-bond donors (Lipinski definition) is 3. The Morgan fingerprint density at radius 3 is 2.94 bits per heavy atom. The minimum Gasteiger partial charge on any atom is -0.409 e. The number of nitrogens with zero attached hydrogens (tertiary/aromatic N) is 2. The van der Waals surface area contributed by atoms with E-state index >= 15 is 0 Å². The SMILES string of the molecule is CCC(C)(C(=O)NCc1ccno1)C(N)=NO. The number of amides is 1. The molecule has 0 aliphatic carbocycles. The number of nitrogens with two attached hydrogens (primary N) is 1. The Labute approximate surface area is 98.6 Å². The van der Waals surface area contributed by atoms with Crippen molar-refractivity contribution in [3.8, 4) is 0 Å². The number of rotatable bonds is 5. The number of amidine groups is 1. The molecule has 0 aliphatic heterocycles. The van der Waals surface area contributed by atoms with E-state index in [1.165, 1.54) is 6.20 Å². The molecule has 17 heavy (non-hydrogen) atoms. The van der Waals surface area contributed by atoms with E-state index < -0.39 is 5.41 Å². The van der Waals surface area contributed by atoms with Crippen LogP contribution in [0.25, 0.3) is 0 Å². The van der Waals surface area contributed by atoms with Crippen LogP contribution in [0.15, 0.2) is 21.9 Å². The molecule has 1 unspecified atom stereocenters. The van der Waals surface area contributed by atoms with Crippen LogP contribution in [-0.4, -0.2) is 22.1 Å². The van der Waals surface area contributed by atoms with Crippen LogP contribution in [0, 0.1) is 5.41 Å². The second-order valence-electron chi connectivity index (χ2n) is 3.83. The molecule has 0 saturated carbocycles. The van der Waals surface area contributed by atoms with Gasteiger partial charge in [0.15, 0.2) is 11.6 Å². The third-order valence-corrected chi connectivity index (χ3v) is 2.80. The topological polar surface area (TPSA) is 114 Å². The summed E-state index contributed by atoms with van der Waals surface area (Å²) in [5.74, 6) is 0.0954. The maximum Gasteiger partial charge on any atom is 0.234 e. The average molecular weight is 240 g/mol. The monoisotopic (exact) mass is 240 g/mol. The van der Waals surface area contributed by atoms with E-state index in [1.807, 2.05) is 0 Å². The van der Waals surface area contributed by atoms with Crippen LogP contribution in [0.3, 0.4) is 0 Å². The van der Waals surface area contributed by atoms with Gasteiger partial charge in [-0.3, -0.25) is 4.79 Å². The molecule has 0 bridgehead atoms. The van der Waals surface area contributed by atoms with Gasteiger partial charge in [-0.25, -0.2) is 0 Å². The highest BCUT2D eigenvalue weighted by molar-refractivity contribution is 6.06. The molecule has 0 aliphatic rings. The molecule has 0 aromatic carbocycles. The Kier molecular flexibility index (Phi) is 4.08. The van der Waals surface area contributed by atoms with Crippen molar-refractivity contribution in [3.63, 3.8) is 0 Å². The van der Waals surface area contributed by atoms with Crippen molar-refractivity contribution in [2.24, 2.45) is 16.3 Å². The van der Waals surface area contributed by atoms with Crippen LogP contribution in [-0.2, 0) is 11.3 Å². The van der Waals surface area contributed by atoms with E-state index in [4.69, 9.17) is 15.5 Å². The fraction of sp³-hybridized carbons (Fsp3) is 0.500. The van der Waals surface area contributed by atoms with Crippen LogP contribution < -0.4 is 11.1 Å². The highest BCUT2D eigenvalue weighted by Crippen LogP contribution is 2.21. The van der Waals surface area contributed by atoms with Gasteiger partial charge in [-0.05, 0) is 13.3 Å². The molecular weight excluding hydrogens is 224 g/mol. The number of hydrogen-bond acceptors (Lipinski definition) is 5. The molecular formula is C10H16N4O3. The van der Waals surface area contributed by atoms with Crippen molar-refractivity contribution in [3.05, 3.63) is 18.0 Å². The van der Waals surface area contributed by atoms with Gasteiger partial charge in [0.25, 0.3) is 0 Å². The van der Waals surface area contributed by atoms with Crippen molar-refractivity contribution in [2.75, 3.05) is 0 Å². The summed E-state index contributed by atoms with van der Waals surface area (Å²) in [6.07, 6.45) is 1.91. The maximum atomic E-state index is 11.9. The minimum absolute atomic E-state index is 0.116. The summed E-state index contributed by atoms with van der Waals surface area (Å²) >= 11 is 0. The third kappa shape index (κ3) is 2.74. The van der Waals surface area contributed by atoms with Gasteiger partial charge >= 0.3 is 0 Å². The van der Waals surface area contributed by atoms with Gasteiger partial charge in [0, 0.05) is 6.07 Å². The fourth-order valence-corrected chi connectivity index (χ4v) is 1.26. The van der Waals surface area contributed by atoms with Crippen molar-refractivity contribution in [1.82, 2.24) is 10.5 Å². The fourth-order valence-electron chi connectivity index (χ4n) is 1.26. The first-order valence-electron chi connectivity index (χ1n) is 5.20. The minimum atomic E-state index is -1.03. The molecule has 4 N–H and O–H groups in total. The molecule has 0 fully saturated rings. The predicted octanol–water partition coefficient (Wildman–Crippen LogP) is 0.454. The number of oxime groups is 1. The van der Waals surface area contributed by atoms with E-state index in [0.717, 1.165) is 0 Å². The molecule has 1 rings (SSSR count). The summed E-state index contributed by atoms with van der Waals surface area (Å²) in [5, 5.41) is 17.7. The largest absolute Gasteiger partial charge is 0.409 e. The standard InChI is InChI=1S/C10H16N4O3/c1-3-10(2,8(11)14-16)9(15)12-6-7-4-5-13-17-7/h4-5,16H,3,6H2,1-2H3,(H2,11,14)(H,12,15). The second kappa shape index (κ2) is 5.33. The Morgan fingerprint density at radius 2 is 2.47 bits per heavy atom. The van der Waals surface area contributed by atoms with E-state index in [9.17, 15) is 4.79 Å². The molecule has 0 radical (unpaired) electrons. The lowest BCUT2D eigenvalue weighted by Gasteiger charge is -2.24. The highest BCUT2D eigenvalue weighted by atomic mass is 16.5. The Bertz CT molecular complexity index is 402. The number of carbonyl (C=O) groups excluding carboxylic acids is 1. The summed E-state index contributed by atoms with van der Waals surface area (Å²) in [6, 6.07) is 1.65. The normalized spacial score (nSPS) is 15.3. The number of aromatic nitrogens is 1. The number of nitrogens with one attached hydrogen (secondary N) is 1. The predicted molar refractivity (Wildman–Crippen MR) is 60.2 cm³/mol. The molecule has 94 valence electrons. The van der Waals surface area contributed by atoms with Crippen molar-refractivity contribution in [2.45, 2.75) is 26.8 Å². The van der Waals surface area contributed by atoms with Crippen molar-refractivity contribution < 1.29 is 14.5 Å².